The van der Waals surface area contributed by atoms with Crippen LogP contribution in [-0.2, 0) is 4.79 Å². The molecule has 1 atom stereocenters. The van der Waals surface area contributed by atoms with Crippen LogP contribution in [0.2, 0.25) is 0 Å². The Bertz CT molecular complexity index is 521. The summed E-state index contributed by atoms with van der Waals surface area (Å²) in [7, 11) is 0. The number of aromatic nitrogens is 2. The third-order valence-corrected chi connectivity index (χ3v) is 2.82. The number of hydrogen-bond acceptors (Lipinski definition) is 7. The van der Waals surface area contributed by atoms with Gasteiger partial charge in [-0.2, -0.15) is 4.98 Å². The lowest BCUT2D eigenvalue weighted by Crippen LogP contribution is -2.23. The van der Waals surface area contributed by atoms with Gasteiger partial charge < -0.3 is 16.0 Å². The van der Waals surface area contributed by atoms with Gasteiger partial charge in [0.15, 0.2) is 0 Å². The number of amides is 1. The number of rotatable bonds is 6. The van der Waals surface area contributed by atoms with Gasteiger partial charge in [-0.25, -0.2) is 4.98 Å². The average molecular weight is 280 g/mol. The van der Waals surface area contributed by atoms with Crippen molar-refractivity contribution < 1.29 is 9.72 Å². The van der Waals surface area contributed by atoms with E-state index in [9.17, 15) is 14.9 Å². The molecule has 9 heteroatoms. The summed E-state index contributed by atoms with van der Waals surface area (Å²) >= 11 is 0. The van der Waals surface area contributed by atoms with Crippen molar-refractivity contribution in [3.8, 4) is 0 Å². The second-order valence-electron chi connectivity index (χ2n) is 4.46. The molecule has 2 heterocycles. The van der Waals surface area contributed by atoms with Crippen LogP contribution in [0.4, 0.5) is 17.5 Å². The molecule has 0 aromatic carbocycles. The van der Waals surface area contributed by atoms with Crippen LogP contribution < -0.4 is 16.0 Å². The van der Waals surface area contributed by atoms with E-state index in [0.29, 0.717) is 19.0 Å². The molecule has 20 heavy (non-hydrogen) atoms. The zero-order chi connectivity index (χ0) is 14.5. The number of nitrogens with one attached hydrogen (secondary N) is 3. The molecular weight excluding hydrogens is 264 g/mol. The number of nitro groups is 1. The van der Waals surface area contributed by atoms with E-state index in [-0.39, 0.29) is 29.9 Å². The number of nitrogens with zero attached hydrogens (tertiary/aromatic N) is 3. The molecule has 1 aliphatic heterocycles. The van der Waals surface area contributed by atoms with Gasteiger partial charge in [-0.15, -0.1) is 0 Å². The number of anilines is 2. The number of hydrogen-bond donors (Lipinski definition) is 3. The summed E-state index contributed by atoms with van der Waals surface area (Å²) in [5, 5.41) is 19.5. The van der Waals surface area contributed by atoms with Gasteiger partial charge in [0.1, 0.15) is 6.20 Å². The van der Waals surface area contributed by atoms with E-state index in [4.69, 9.17) is 0 Å². The van der Waals surface area contributed by atoms with E-state index < -0.39 is 4.92 Å². The van der Waals surface area contributed by atoms with E-state index in [2.05, 4.69) is 25.9 Å². The normalized spacial score (nSPS) is 17.6. The lowest BCUT2D eigenvalue weighted by Gasteiger charge is -2.12. The quantitative estimate of drug-likeness (QED) is 0.512. The van der Waals surface area contributed by atoms with E-state index in [1.54, 1.807) is 0 Å². The fourth-order valence-corrected chi connectivity index (χ4v) is 1.84. The van der Waals surface area contributed by atoms with Crippen molar-refractivity contribution >= 4 is 23.4 Å². The van der Waals surface area contributed by atoms with Gasteiger partial charge in [-0.1, -0.05) is 6.92 Å². The molecular formula is C11H16N6O3. The van der Waals surface area contributed by atoms with Crippen molar-refractivity contribution in [3.05, 3.63) is 16.3 Å². The summed E-state index contributed by atoms with van der Waals surface area (Å²) in [4.78, 5) is 29.6. The molecule has 0 bridgehead atoms. The maximum Gasteiger partial charge on any atom is 0.329 e. The molecule has 0 saturated carbocycles. The average Bonchev–Trinajstić information content (AvgIpc) is 2.81. The van der Waals surface area contributed by atoms with Gasteiger partial charge >= 0.3 is 5.69 Å². The van der Waals surface area contributed by atoms with Gasteiger partial charge in [-0.3, -0.25) is 14.9 Å². The van der Waals surface area contributed by atoms with Crippen LogP contribution in [0.25, 0.3) is 0 Å². The zero-order valence-electron chi connectivity index (χ0n) is 11.0. The molecule has 1 aliphatic rings. The molecule has 9 nitrogen and oxygen atoms in total. The Balaban J connectivity index is 2.17. The lowest BCUT2D eigenvalue weighted by molar-refractivity contribution is -0.384. The Kier molecular flexibility index (Phi) is 4.28. The molecule has 1 amide bonds. The Morgan fingerprint density at radius 1 is 1.60 bits per heavy atom. The Morgan fingerprint density at radius 2 is 2.40 bits per heavy atom. The minimum Gasteiger partial charge on any atom is -0.359 e. The van der Waals surface area contributed by atoms with Crippen LogP contribution in [0.1, 0.15) is 19.8 Å². The highest BCUT2D eigenvalue weighted by molar-refractivity contribution is 5.79. The third-order valence-electron chi connectivity index (χ3n) is 2.82. The van der Waals surface area contributed by atoms with Gasteiger partial charge in [-0.05, 0) is 6.42 Å². The number of carbonyl (C=O) groups is 1. The molecule has 108 valence electrons. The fourth-order valence-electron chi connectivity index (χ4n) is 1.84. The van der Waals surface area contributed by atoms with Crippen molar-refractivity contribution in [3.63, 3.8) is 0 Å². The summed E-state index contributed by atoms with van der Waals surface area (Å²) in [6.45, 7) is 3.10. The predicted molar refractivity (Wildman–Crippen MR) is 72.5 cm³/mol. The molecule has 1 aromatic rings. The molecule has 1 fully saturated rings. The Morgan fingerprint density at radius 3 is 3.00 bits per heavy atom. The first kappa shape index (κ1) is 14.0. The van der Waals surface area contributed by atoms with Crippen molar-refractivity contribution in [2.45, 2.75) is 25.8 Å². The van der Waals surface area contributed by atoms with E-state index in [1.807, 2.05) is 6.92 Å². The first-order valence-corrected chi connectivity index (χ1v) is 6.38. The highest BCUT2D eigenvalue weighted by Gasteiger charge is 2.25. The summed E-state index contributed by atoms with van der Waals surface area (Å²) < 4.78 is 0. The van der Waals surface area contributed by atoms with Crippen LogP contribution in [0.15, 0.2) is 6.20 Å². The van der Waals surface area contributed by atoms with Crippen molar-refractivity contribution in [1.82, 2.24) is 15.3 Å². The smallest absolute Gasteiger partial charge is 0.329 e. The molecule has 0 spiro atoms. The highest BCUT2D eigenvalue weighted by Crippen LogP contribution is 2.23. The molecule has 1 unspecified atom stereocenters. The highest BCUT2D eigenvalue weighted by atomic mass is 16.6. The van der Waals surface area contributed by atoms with Crippen LogP contribution in [0.3, 0.4) is 0 Å². The van der Waals surface area contributed by atoms with Gasteiger partial charge in [0.2, 0.25) is 17.7 Å². The van der Waals surface area contributed by atoms with Crippen LogP contribution in [-0.4, -0.2) is 39.9 Å². The lowest BCUT2D eigenvalue weighted by atomic mass is 10.2. The minimum absolute atomic E-state index is 0.0801. The molecule has 2 rings (SSSR count). The Hall–Kier alpha value is -2.45. The molecule has 1 saturated heterocycles. The molecule has 0 aliphatic carbocycles. The largest absolute Gasteiger partial charge is 0.359 e. The van der Waals surface area contributed by atoms with Gasteiger partial charge in [0.25, 0.3) is 0 Å². The monoisotopic (exact) mass is 280 g/mol. The van der Waals surface area contributed by atoms with Crippen LogP contribution in [0, 0.1) is 10.1 Å². The molecule has 3 N–H and O–H groups in total. The zero-order valence-corrected chi connectivity index (χ0v) is 11.0. The molecule has 1 aromatic heterocycles. The summed E-state index contributed by atoms with van der Waals surface area (Å²) in [5.74, 6) is 0.380. The van der Waals surface area contributed by atoms with Crippen LogP contribution >= 0.6 is 0 Å². The van der Waals surface area contributed by atoms with E-state index in [0.717, 1.165) is 12.6 Å². The first-order chi connectivity index (χ1) is 9.60. The minimum atomic E-state index is -0.546. The van der Waals surface area contributed by atoms with Crippen molar-refractivity contribution in [2.24, 2.45) is 0 Å². The predicted octanol–water partition coefficient (Wildman–Crippen LogP) is 0.507. The van der Waals surface area contributed by atoms with E-state index in [1.165, 1.54) is 0 Å². The summed E-state index contributed by atoms with van der Waals surface area (Å²) in [6.07, 6.45) is 2.33. The SMILES string of the molecule is CCCNc1ncc([N+](=O)[O-])c(NC2CNC(=O)C2)n1. The second kappa shape index (κ2) is 6.13. The van der Waals surface area contributed by atoms with Crippen molar-refractivity contribution in [1.29, 1.82) is 0 Å². The summed E-state index contributed by atoms with van der Waals surface area (Å²) in [6, 6.07) is -0.199. The molecule has 0 radical (unpaired) electrons. The topological polar surface area (TPSA) is 122 Å². The van der Waals surface area contributed by atoms with Crippen molar-refractivity contribution in [2.75, 3.05) is 23.7 Å². The first-order valence-electron chi connectivity index (χ1n) is 6.38. The van der Waals surface area contributed by atoms with Gasteiger partial charge in [0.05, 0.1) is 11.0 Å². The second-order valence-corrected chi connectivity index (χ2v) is 4.46. The van der Waals surface area contributed by atoms with Crippen LogP contribution in [0.5, 0.6) is 0 Å². The van der Waals surface area contributed by atoms with Gasteiger partial charge in [0, 0.05) is 19.5 Å². The fraction of sp³-hybridized carbons (Fsp3) is 0.545. The maximum absolute atomic E-state index is 11.1. The summed E-state index contributed by atoms with van der Waals surface area (Å²) in [5.41, 5.74) is -0.202. The standard InChI is InChI=1S/C11H16N6O3/c1-2-3-12-11-14-6-8(17(19)20)10(16-11)15-7-4-9(18)13-5-7/h6-7H,2-5H2,1H3,(H,13,18)(H2,12,14,15,16). The van der Waals surface area contributed by atoms with E-state index >= 15 is 0 Å². The third kappa shape index (κ3) is 3.31. The Labute approximate surface area is 115 Å². The number of carbonyl (C=O) groups excluding carboxylic acids is 1. The maximum atomic E-state index is 11.1.